The van der Waals surface area contributed by atoms with Crippen LogP contribution in [0.2, 0.25) is 10.0 Å². The lowest BCUT2D eigenvalue weighted by Crippen LogP contribution is -2.39. The molecule has 3 aliphatic rings. The number of aliphatic hydroxyl groups excluding tert-OH is 1. The fourth-order valence-corrected chi connectivity index (χ4v) is 6.39. The minimum atomic E-state index is -0.192. The van der Waals surface area contributed by atoms with E-state index in [4.69, 9.17) is 23.2 Å². The molecular formula is C29H31Cl2N3O3. The van der Waals surface area contributed by atoms with Crippen molar-refractivity contribution in [2.75, 3.05) is 18.4 Å². The number of aromatic hydroxyl groups is 1. The Hall–Kier alpha value is -2.38. The van der Waals surface area contributed by atoms with Crippen molar-refractivity contribution >= 4 is 45.6 Å². The third-order valence-electron chi connectivity index (χ3n) is 8.19. The molecule has 37 heavy (non-hydrogen) atoms. The third-order valence-corrected chi connectivity index (χ3v) is 8.76. The van der Waals surface area contributed by atoms with E-state index in [1.807, 2.05) is 18.2 Å². The molecule has 0 amide bonds. The van der Waals surface area contributed by atoms with Crippen molar-refractivity contribution in [2.24, 2.45) is 5.92 Å². The van der Waals surface area contributed by atoms with Crippen LogP contribution >= 0.6 is 23.2 Å². The van der Waals surface area contributed by atoms with Gasteiger partial charge < -0.3 is 15.5 Å². The Balaban J connectivity index is 1.33. The molecule has 6 rings (SSSR count). The molecule has 1 saturated heterocycles. The maximum absolute atomic E-state index is 13.3. The van der Waals surface area contributed by atoms with E-state index in [2.05, 4.69) is 15.2 Å². The minimum Gasteiger partial charge on any atom is -0.505 e. The van der Waals surface area contributed by atoms with Gasteiger partial charge in [-0.25, -0.2) is 0 Å². The molecule has 1 aliphatic heterocycles. The van der Waals surface area contributed by atoms with Gasteiger partial charge in [-0.05, 0) is 80.3 Å². The van der Waals surface area contributed by atoms with Gasteiger partial charge in [-0.15, -0.1) is 0 Å². The molecule has 6 nitrogen and oxygen atoms in total. The number of likely N-dealkylation sites (tertiary alicyclic amines) is 1. The number of rotatable bonds is 6. The average molecular weight is 540 g/mol. The van der Waals surface area contributed by atoms with Gasteiger partial charge in [-0.3, -0.25) is 14.7 Å². The number of carbonyl (C=O) groups is 1. The molecule has 2 aliphatic carbocycles. The molecular weight excluding hydrogens is 509 g/mol. The monoisotopic (exact) mass is 539 g/mol. The zero-order valence-electron chi connectivity index (χ0n) is 20.6. The highest BCUT2D eigenvalue weighted by atomic mass is 35.5. The molecule has 3 aromatic rings. The summed E-state index contributed by atoms with van der Waals surface area (Å²) in [7, 11) is 0. The lowest BCUT2D eigenvalue weighted by atomic mass is 9.89. The zero-order valence-corrected chi connectivity index (χ0v) is 22.1. The molecule has 1 atom stereocenters. The quantitative estimate of drug-likeness (QED) is 0.319. The van der Waals surface area contributed by atoms with Crippen molar-refractivity contribution in [2.45, 2.75) is 63.1 Å². The van der Waals surface area contributed by atoms with E-state index in [1.165, 1.54) is 0 Å². The van der Waals surface area contributed by atoms with E-state index in [1.54, 1.807) is 18.3 Å². The number of fused-ring (bicyclic) bond motifs is 1. The Morgan fingerprint density at radius 1 is 0.973 bits per heavy atom. The summed E-state index contributed by atoms with van der Waals surface area (Å²) < 4.78 is 0. The summed E-state index contributed by atoms with van der Waals surface area (Å²) in [6.07, 6.45) is 8.47. The van der Waals surface area contributed by atoms with Crippen molar-refractivity contribution in [3.63, 3.8) is 0 Å². The fourth-order valence-electron chi connectivity index (χ4n) is 5.90. The van der Waals surface area contributed by atoms with Gasteiger partial charge in [0.05, 0.1) is 32.9 Å². The molecule has 0 spiro atoms. The average Bonchev–Trinajstić information content (AvgIpc) is 3.67. The lowest BCUT2D eigenvalue weighted by Gasteiger charge is -2.35. The summed E-state index contributed by atoms with van der Waals surface area (Å²) in [5.41, 5.74) is 4.01. The molecule has 0 radical (unpaired) electrons. The topological polar surface area (TPSA) is 85.7 Å². The molecule has 8 heteroatoms. The highest BCUT2D eigenvalue weighted by Crippen LogP contribution is 2.40. The van der Waals surface area contributed by atoms with Gasteiger partial charge in [0.1, 0.15) is 0 Å². The predicted molar refractivity (Wildman–Crippen MR) is 148 cm³/mol. The smallest absolute Gasteiger partial charge is 0.169 e. The van der Waals surface area contributed by atoms with Crippen LogP contribution in [0.25, 0.3) is 22.0 Å². The van der Waals surface area contributed by atoms with Gasteiger partial charge in [-0.1, -0.05) is 29.3 Å². The normalized spacial score (nSPS) is 24.5. The first-order valence-corrected chi connectivity index (χ1v) is 14.0. The van der Waals surface area contributed by atoms with E-state index in [0.29, 0.717) is 11.6 Å². The number of Topliss-reactive ketones (excluding diaryl/α,β-unsaturated/α-hetero) is 1. The number of carbonyl (C=O) groups excluding carboxylic acids is 1. The van der Waals surface area contributed by atoms with Crippen LogP contribution in [-0.2, 0) is 0 Å². The predicted octanol–water partition coefficient (Wildman–Crippen LogP) is 6.30. The van der Waals surface area contributed by atoms with Gasteiger partial charge in [0, 0.05) is 42.7 Å². The maximum Gasteiger partial charge on any atom is 0.169 e. The van der Waals surface area contributed by atoms with Crippen LogP contribution in [0.4, 0.5) is 5.69 Å². The number of nitrogens with one attached hydrogen (secondary N) is 1. The number of aromatic nitrogens is 1. The highest BCUT2D eigenvalue weighted by molar-refractivity contribution is 6.37. The number of β-amino-alcohol motifs (C(OH)–C–C–N with tert-alkyl or cyclic N) is 1. The minimum absolute atomic E-state index is 0.0926. The Labute approximate surface area is 226 Å². The number of hydrogen-bond donors (Lipinski definition) is 3. The van der Waals surface area contributed by atoms with Crippen LogP contribution in [0.3, 0.4) is 0 Å². The summed E-state index contributed by atoms with van der Waals surface area (Å²) in [4.78, 5) is 20.4. The van der Waals surface area contributed by atoms with Crippen LogP contribution in [-0.4, -0.2) is 57.2 Å². The van der Waals surface area contributed by atoms with Gasteiger partial charge in [0.2, 0.25) is 0 Å². The van der Waals surface area contributed by atoms with Crippen LogP contribution in [0.15, 0.2) is 36.5 Å². The first-order chi connectivity index (χ1) is 17.9. The highest BCUT2D eigenvalue weighted by Gasteiger charge is 2.34. The summed E-state index contributed by atoms with van der Waals surface area (Å²) in [5, 5.41) is 25.0. The molecule has 2 aromatic carbocycles. The van der Waals surface area contributed by atoms with Crippen LogP contribution < -0.4 is 5.32 Å². The molecule has 2 saturated carbocycles. The number of phenols is 1. The van der Waals surface area contributed by atoms with Gasteiger partial charge in [0.15, 0.2) is 11.5 Å². The van der Waals surface area contributed by atoms with Crippen molar-refractivity contribution in [1.29, 1.82) is 0 Å². The SMILES string of the molecule is O=C(c1cnc2ccc(-c3cc(Cl)c(O)c(Cl)c3)cc2c1NC1CCC(N2CCC(O)C2)CC1)C1CC1. The van der Waals surface area contributed by atoms with E-state index < -0.39 is 0 Å². The Bertz CT molecular complexity index is 1330. The number of ketones is 1. The Morgan fingerprint density at radius 2 is 1.70 bits per heavy atom. The first kappa shape index (κ1) is 24.9. The maximum atomic E-state index is 13.3. The van der Waals surface area contributed by atoms with Crippen LogP contribution in [0.1, 0.15) is 55.3 Å². The first-order valence-electron chi connectivity index (χ1n) is 13.2. The zero-order chi connectivity index (χ0) is 25.7. The van der Waals surface area contributed by atoms with E-state index in [9.17, 15) is 15.0 Å². The lowest BCUT2D eigenvalue weighted by molar-refractivity contribution is 0.0968. The summed E-state index contributed by atoms with van der Waals surface area (Å²) >= 11 is 12.4. The number of anilines is 1. The molecule has 3 fully saturated rings. The molecule has 194 valence electrons. The Morgan fingerprint density at radius 3 is 2.35 bits per heavy atom. The van der Waals surface area contributed by atoms with Gasteiger partial charge in [-0.2, -0.15) is 0 Å². The van der Waals surface area contributed by atoms with Crippen LogP contribution in [0.5, 0.6) is 5.75 Å². The molecule has 1 unspecified atom stereocenters. The number of hydrogen-bond acceptors (Lipinski definition) is 6. The van der Waals surface area contributed by atoms with Gasteiger partial charge >= 0.3 is 0 Å². The standard InChI is InChI=1S/C29H31Cl2N3O3/c30-24-12-18(13-25(31)29(24)37)17-3-8-26-22(11-17)27(23(14-32-26)28(36)16-1-2-16)33-19-4-6-20(7-5-19)34-10-9-21(35)15-34/h3,8,11-14,16,19-21,35,37H,1-2,4-7,9-10,15H2,(H,32,33). The van der Waals surface area contributed by atoms with E-state index in [-0.39, 0.29) is 39.6 Å². The number of aliphatic hydroxyl groups is 1. The Kier molecular flexibility index (Phi) is 6.78. The second-order valence-electron chi connectivity index (χ2n) is 10.8. The van der Waals surface area contributed by atoms with Crippen molar-refractivity contribution in [1.82, 2.24) is 9.88 Å². The van der Waals surface area contributed by atoms with Crippen molar-refractivity contribution < 1.29 is 15.0 Å². The summed E-state index contributed by atoms with van der Waals surface area (Å²) in [6.45, 7) is 1.76. The van der Waals surface area contributed by atoms with E-state index in [0.717, 1.165) is 85.8 Å². The number of pyridine rings is 1. The second kappa shape index (κ2) is 10.1. The second-order valence-corrected chi connectivity index (χ2v) is 11.6. The molecule has 3 N–H and O–H groups in total. The van der Waals surface area contributed by atoms with Crippen molar-refractivity contribution in [3.05, 3.63) is 52.1 Å². The van der Waals surface area contributed by atoms with Crippen molar-refractivity contribution in [3.8, 4) is 16.9 Å². The number of halogens is 2. The molecule has 1 aromatic heterocycles. The third kappa shape index (κ3) is 5.05. The van der Waals surface area contributed by atoms with E-state index >= 15 is 0 Å². The summed E-state index contributed by atoms with van der Waals surface area (Å²) in [5.74, 6) is 0.126. The van der Waals surface area contributed by atoms with Crippen LogP contribution in [0, 0.1) is 5.92 Å². The summed E-state index contributed by atoms with van der Waals surface area (Å²) in [6, 6.07) is 10.1. The number of benzene rings is 2. The fraction of sp³-hybridized carbons (Fsp3) is 0.448. The molecule has 2 heterocycles. The largest absolute Gasteiger partial charge is 0.505 e. The number of nitrogens with zero attached hydrogens (tertiary/aromatic N) is 2. The molecule has 0 bridgehead atoms. The van der Waals surface area contributed by atoms with Gasteiger partial charge in [0.25, 0.3) is 0 Å². The number of phenolic OH excluding ortho intramolecular Hbond substituents is 1.